The van der Waals surface area contributed by atoms with Gasteiger partial charge in [0.1, 0.15) is 5.75 Å². The lowest BCUT2D eigenvalue weighted by molar-refractivity contribution is 0.0642. The third kappa shape index (κ3) is 3.55. The van der Waals surface area contributed by atoms with Gasteiger partial charge in [-0.2, -0.15) is 0 Å². The van der Waals surface area contributed by atoms with Gasteiger partial charge in [0.25, 0.3) is 17.7 Å². The number of methoxy groups -OCH3 is 1. The van der Waals surface area contributed by atoms with Crippen LogP contribution in [0.25, 0.3) is 0 Å². The van der Waals surface area contributed by atoms with Crippen molar-refractivity contribution in [1.29, 1.82) is 0 Å². The van der Waals surface area contributed by atoms with Crippen LogP contribution in [-0.4, -0.2) is 63.4 Å². The van der Waals surface area contributed by atoms with Crippen molar-refractivity contribution in [3.63, 3.8) is 0 Å². The van der Waals surface area contributed by atoms with Crippen LogP contribution in [0.1, 0.15) is 36.6 Å². The van der Waals surface area contributed by atoms with Crippen LogP contribution < -0.4 is 4.74 Å². The van der Waals surface area contributed by atoms with Crippen LogP contribution in [0.4, 0.5) is 0 Å². The molecule has 7 nitrogen and oxygen atoms in total. The number of fused-ring (bicyclic) bond motifs is 1. The summed E-state index contributed by atoms with van der Waals surface area (Å²) in [5.74, 6) is 0.460. The summed E-state index contributed by atoms with van der Waals surface area (Å²) >= 11 is 0. The number of rotatable bonds is 4. The summed E-state index contributed by atoms with van der Waals surface area (Å²) in [6.45, 7) is 0.926. The van der Waals surface area contributed by atoms with Gasteiger partial charge in [-0.15, -0.1) is 0 Å². The minimum absolute atomic E-state index is 0.0701. The molecule has 4 rings (SSSR count). The molecule has 2 aliphatic heterocycles. The van der Waals surface area contributed by atoms with Crippen LogP contribution >= 0.6 is 0 Å². The Bertz CT molecular complexity index is 990. The first-order chi connectivity index (χ1) is 14.0. The fourth-order valence-corrected chi connectivity index (χ4v) is 4.65. The smallest absolute Gasteiger partial charge is 0.261 e. The van der Waals surface area contributed by atoms with Crippen LogP contribution in [0.3, 0.4) is 0 Å². The van der Waals surface area contributed by atoms with E-state index < -0.39 is 10.8 Å². The standard InChI is InChI=1S/C21H20N2O5S/c1-28-18-7-6-14(12-17(18)19(24)22-8-10-29(27)11-9-22)13-23-20(25)15-4-2-3-5-16(15)21(23)26/h2-7,12H,8-11,13H2,1H3. The average molecular weight is 412 g/mol. The first-order valence-electron chi connectivity index (χ1n) is 9.26. The minimum atomic E-state index is -0.883. The lowest BCUT2D eigenvalue weighted by Crippen LogP contribution is -2.42. The van der Waals surface area contributed by atoms with E-state index in [0.717, 1.165) is 0 Å². The van der Waals surface area contributed by atoms with E-state index in [1.165, 1.54) is 12.0 Å². The van der Waals surface area contributed by atoms with Gasteiger partial charge in [0.2, 0.25) is 0 Å². The predicted molar refractivity (Wildman–Crippen MR) is 107 cm³/mol. The van der Waals surface area contributed by atoms with Crippen molar-refractivity contribution >= 4 is 28.5 Å². The Morgan fingerprint density at radius 3 is 2.24 bits per heavy atom. The molecule has 0 bridgehead atoms. The number of nitrogens with zero attached hydrogens (tertiary/aromatic N) is 2. The molecule has 0 unspecified atom stereocenters. The highest BCUT2D eigenvalue weighted by atomic mass is 32.2. The first kappa shape index (κ1) is 19.3. The Hall–Kier alpha value is -3.00. The molecular weight excluding hydrogens is 392 g/mol. The molecule has 0 saturated carbocycles. The highest BCUT2D eigenvalue weighted by molar-refractivity contribution is 7.85. The zero-order chi connectivity index (χ0) is 20.5. The molecular formula is C21H20N2O5S. The molecule has 2 aromatic rings. The summed E-state index contributed by atoms with van der Waals surface area (Å²) in [6, 6.07) is 11.8. The van der Waals surface area contributed by atoms with Crippen molar-refractivity contribution in [3.8, 4) is 5.75 Å². The molecule has 1 fully saturated rings. The van der Waals surface area contributed by atoms with Gasteiger partial charge < -0.3 is 9.64 Å². The Labute approximate surface area is 170 Å². The van der Waals surface area contributed by atoms with E-state index in [-0.39, 0.29) is 24.3 Å². The second-order valence-corrected chi connectivity index (χ2v) is 8.61. The van der Waals surface area contributed by atoms with Crippen LogP contribution in [0.15, 0.2) is 42.5 Å². The van der Waals surface area contributed by atoms with E-state index in [4.69, 9.17) is 4.74 Å². The molecule has 2 aromatic carbocycles. The van der Waals surface area contributed by atoms with E-state index in [1.807, 2.05) is 0 Å². The molecule has 150 valence electrons. The molecule has 0 atom stereocenters. The van der Waals surface area contributed by atoms with E-state index in [1.54, 1.807) is 47.4 Å². The van der Waals surface area contributed by atoms with Crippen LogP contribution in [0.5, 0.6) is 5.75 Å². The third-order valence-corrected chi connectivity index (χ3v) is 6.45. The quantitative estimate of drug-likeness (QED) is 0.714. The summed E-state index contributed by atoms with van der Waals surface area (Å²) in [5.41, 5.74) is 1.81. The fraction of sp³-hybridized carbons (Fsp3) is 0.286. The van der Waals surface area contributed by atoms with E-state index in [9.17, 15) is 18.6 Å². The molecule has 0 aromatic heterocycles. The van der Waals surface area contributed by atoms with Crippen LogP contribution in [-0.2, 0) is 17.3 Å². The Balaban J connectivity index is 1.59. The van der Waals surface area contributed by atoms with Gasteiger partial charge in [-0.25, -0.2) is 0 Å². The summed E-state index contributed by atoms with van der Waals surface area (Å²) in [7, 11) is 0.604. The van der Waals surface area contributed by atoms with Crippen molar-refractivity contribution in [3.05, 3.63) is 64.7 Å². The summed E-state index contributed by atoms with van der Waals surface area (Å²) < 4.78 is 16.9. The number of ether oxygens (including phenoxy) is 1. The van der Waals surface area contributed by atoms with Gasteiger partial charge in [-0.05, 0) is 29.8 Å². The molecule has 0 radical (unpaired) electrons. The lowest BCUT2D eigenvalue weighted by atomic mass is 10.1. The maximum Gasteiger partial charge on any atom is 0.261 e. The van der Waals surface area contributed by atoms with E-state index in [2.05, 4.69) is 0 Å². The van der Waals surface area contributed by atoms with Gasteiger partial charge in [-0.3, -0.25) is 23.5 Å². The third-order valence-electron chi connectivity index (χ3n) is 5.18. The first-order valence-corrected chi connectivity index (χ1v) is 10.7. The number of imide groups is 1. The molecule has 0 spiro atoms. The number of benzene rings is 2. The van der Waals surface area contributed by atoms with Crippen molar-refractivity contribution < 1.29 is 23.3 Å². The SMILES string of the molecule is COc1ccc(CN2C(=O)c3ccccc3C2=O)cc1C(=O)N1CCS(=O)CC1. The van der Waals surface area contributed by atoms with Crippen LogP contribution in [0, 0.1) is 0 Å². The van der Waals surface area contributed by atoms with Crippen molar-refractivity contribution in [2.75, 3.05) is 31.7 Å². The molecule has 0 N–H and O–H groups in total. The number of carbonyl (C=O) groups is 3. The van der Waals surface area contributed by atoms with E-state index >= 15 is 0 Å². The zero-order valence-electron chi connectivity index (χ0n) is 15.9. The topological polar surface area (TPSA) is 84.0 Å². The number of amides is 3. The summed E-state index contributed by atoms with van der Waals surface area (Å²) in [6.07, 6.45) is 0. The van der Waals surface area contributed by atoms with Gasteiger partial charge in [0, 0.05) is 35.4 Å². The number of carbonyl (C=O) groups excluding carboxylic acids is 3. The Morgan fingerprint density at radius 1 is 1.03 bits per heavy atom. The summed E-state index contributed by atoms with van der Waals surface area (Å²) in [5, 5.41) is 0. The molecule has 3 amide bonds. The maximum absolute atomic E-state index is 13.0. The molecule has 8 heteroatoms. The predicted octanol–water partition coefficient (Wildman–Crippen LogP) is 1.70. The lowest BCUT2D eigenvalue weighted by Gasteiger charge is -2.27. The van der Waals surface area contributed by atoms with E-state index in [0.29, 0.717) is 52.6 Å². The fourth-order valence-electron chi connectivity index (χ4n) is 3.60. The Kier molecular flexibility index (Phi) is 5.19. The monoisotopic (exact) mass is 412 g/mol. The van der Waals surface area contributed by atoms with Gasteiger partial charge in [0.15, 0.2) is 0 Å². The molecule has 1 saturated heterocycles. The zero-order valence-corrected chi connectivity index (χ0v) is 16.7. The second-order valence-electron chi connectivity index (χ2n) is 6.92. The largest absolute Gasteiger partial charge is 0.496 e. The normalized spacial score (nSPS) is 16.9. The highest BCUT2D eigenvalue weighted by Crippen LogP contribution is 2.27. The van der Waals surface area contributed by atoms with Crippen LogP contribution in [0.2, 0.25) is 0 Å². The minimum Gasteiger partial charge on any atom is -0.496 e. The van der Waals surface area contributed by atoms with Gasteiger partial charge >= 0.3 is 0 Å². The van der Waals surface area contributed by atoms with Gasteiger partial charge in [0.05, 0.1) is 30.3 Å². The maximum atomic E-state index is 13.0. The molecule has 29 heavy (non-hydrogen) atoms. The summed E-state index contributed by atoms with van der Waals surface area (Å²) in [4.78, 5) is 41.0. The van der Waals surface area contributed by atoms with Crippen molar-refractivity contribution in [2.45, 2.75) is 6.54 Å². The second kappa shape index (κ2) is 7.79. The molecule has 2 aliphatic rings. The van der Waals surface area contributed by atoms with Crippen molar-refractivity contribution in [2.24, 2.45) is 0 Å². The molecule has 2 heterocycles. The average Bonchev–Trinajstić information content (AvgIpc) is 2.99. The number of hydrogen-bond donors (Lipinski definition) is 0. The Morgan fingerprint density at radius 2 is 1.66 bits per heavy atom. The van der Waals surface area contributed by atoms with Crippen molar-refractivity contribution in [1.82, 2.24) is 9.80 Å². The molecule has 0 aliphatic carbocycles. The number of hydrogen-bond acceptors (Lipinski definition) is 5. The highest BCUT2D eigenvalue weighted by Gasteiger charge is 2.35. The van der Waals surface area contributed by atoms with Gasteiger partial charge in [-0.1, -0.05) is 18.2 Å².